The lowest BCUT2D eigenvalue weighted by Crippen LogP contribution is -2.40. The van der Waals surface area contributed by atoms with E-state index in [4.69, 9.17) is 10.8 Å². The maximum atomic E-state index is 12.6. The fourth-order valence-electron chi connectivity index (χ4n) is 1.94. The number of hydrogen-bond acceptors (Lipinski definition) is 4. The predicted octanol–water partition coefficient (Wildman–Crippen LogP) is 1.97. The number of carboxylic acid groups (broad SMARTS) is 1. The summed E-state index contributed by atoms with van der Waals surface area (Å²) in [5.74, 6) is -1.16. The lowest BCUT2D eigenvalue weighted by atomic mass is 10.2. The van der Waals surface area contributed by atoms with Crippen molar-refractivity contribution >= 4 is 27.7 Å². The van der Waals surface area contributed by atoms with E-state index in [2.05, 4.69) is 0 Å². The Morgan fingerprint density at radius 1 is 1.00 bits per heavy atom. The van der Waals surface area contributed by atoms with Crippen LogP contribution in [0.4, 0.5) is 10.5 Å². The van der Waals surface area contributed by atoms with Gasteiger partial charge in [0.05, 0.1) is 16.1 Å². The van der Waals surface area contributed by atoms with E-state index >= 15 is 0 Å². The molecule has 0 unspecified atom stereocenters. The van der Waals surface area contributed by atoms with Crippen LogP contribution < -0.4 is 10.0 Å². The van der Waals surface area contributed by atoms with Crippen LogP contribution in [0, 0.1) is 6.92 Å². The topological polar surface area (TPSA) is 118 Å². The second kappa shape index (κ2) is 6.09. The van der Waals surface area contributed by atoms with Crippen LogP contribution in [0.15, 0.2) is 53.4 Å². The first-order chi connectivity index (χ1) is 10.7. The number of rotatable bonds is 4. The third-order valence-electron chi connectivity index (χ3n) is 3.11. The van der Waals surface area contributed by atoms with Gasteiger partial charge in [0, 0.05) is 0 Å². The first kappa shape index (κ1) is 16.5. The van der Waals surface area contributed by atoms with Crippen molar-refractivity contribution in [2.45, 2.75) is 11.8 Å². The zero-order chi connectivity index (χ0) is 17.2. The van der Waals surface area contributed by atoms with Crippen molar-refractivity contribution in [3.63, 3.8) is 0 Å². The predicted molar refractivity (Wildman–Crippen MR) is 83.8 cm³/mol. The summed E-state index contributed by atoms with van der Waals surface area (Å²) in [6.45, 7) is 1.80. The van der Waals surface area contributed by atoms with Gasteiger partial charge in [-0.2, -0.15) is 4.31 Å². The minimum Gasteiger partial charge on any atom is -0.478 e. The molecule has 0 saturated heterocycles. The lowest BCUT2D eigenvalue weighted by Gasteiger charge is -2.20. The molecule has 0 spiro atoms. The fraction of sp³-hybridized carbons (Fsp3) is 0.0667. The van der Waals surface area contributed by atoms with Crippen LogP contribution in [-0.4, -0.2) is 25.5 Å². The zero-order valence-electron chi connectivity index (χ0n) is 12.1. The van der Waals surface area contributed by atoms with Gasteiger partial charge < -0.3 is 10.8 Å². The van der Waals surface area contributed by atoms with Crippen LogP contribution in [0.3, 0.4) is 0 Å². The molecule has 7 nitrogen and oxygen atoms in total. The molecular formula is C15H14N2O5S. The second-order valence-electron chi connectivity index (χ2n) is 4.77. The Kier molecular flexibility index (Phi) is 4.37. The Morgan fingerprint density at radius 3 is 1.96 bits per heavy atom. The highest BCUT2D eigenvalue weighted by Gasteiger charge is 2.29. The molecule has 2 aromatic carbocycles. The Hall–Kier alpha value is -2.87. The summed E-state index contributed by atoms with van der Waals surface area (Å²) in [5, 5.41) is 8.86. The van der Waals surface area contributed by atoms with E-state index in [1.54, 1.807) is 19.1 Å². The number of benzene rings is 2. The summed E-state index contributed by atoms with van der Waals surface area (Å²) in [5.41, 5.74) is 6.00. The van der Waals surface area contributed by atoms with Gasteiger partial charge >= 0.3 is 12.0 Å². The molecule has 0 aromatic heterocycles. The summed E-state index contributed by atoms with van der Waals surface area (Å²) in [6, 6.07) is 9.54. The molecule has 0 atom stereocenters. The monoisotopic (exact) mass is 334 g/mol. The van der Waals surface area contributed by atoms with E-state index in [9.17, 15) is 18.0 Å². The quantitative estimate of drug-likeness (QED) is 0.886. The number of aromatic carboxylic acids is 1. The normalized spacial score (nSPS) is 11.0. The average Bonchev–Trinajstić information content (AvgIpc) is 2.47. The van der Waals surface area contributed by atoms with Crippen LogP contribution >= 0.6 is 0 Å². The standard InChI is InChI=1S/C15H14N2O5S/c1-10-2-8-13(9-3-10)23(21,22)17(15(16)20)12-6-4-11(5-7-12)14(18)19/h2-9H,1H3,(H2,16,20)(H,18,19). The average molecular weight is 334 g/mol. The molecule has 0 radical (unpaired) electrons. The van der Waals surface area contributed by atoms with Crippen LogP contribution in [0.2, 0.25) is 0 Å². The van der Waals surface area contributed by atoms with E-state index in [1.807, 2.05) is 0 Å². The lowest BCUT2D eigenvalue weighted by molar-refractivity contribution is 0.0697. The number of nitrogens with two attached hydrogens (primary N) is 1. The Labute approximate surface area is 133 Å². The summed E-state index contributed by atoms with van der Waals surface area (Å²) < 4.78 is 25.7. The maximum absolute atomic E-state index is 12.6. The van der Waals surface area contributed by atoms with Gasteiger partial charge in [0.1, 0.15) is 0 Å². The summed E-state index contributed by atoms with van der Waals surface area (Å²) in [6.07, 6.45) is 0. The smallest absolute Gasteiger partial charge is 0.335 e. The summed E-state index contributed by atoms with van der Waals surface area (Å²) in [4.78, 5) is 22.4. The number of urea groups is 1. The van der Waals surface area contributed by atoms with Crippen molar-refractivity contribution in [2.75, 3.05) is 4.31 Å². The van der Waals surface area contributed by atoms with Gasteiger partial charge in [-0.25, -0.2) is 18.0 Å². The number of carbonyl (C=O) groups is 2. The molecule has 0 fully saturated rings. The maximum Gasteiger partial charge on any atom is 0.335 e. The Bertz CT molecular complexity index is 842. The van der Waals surface area contributed by atoms with Gasteiger partial charge in [-0.15, -0.1) is 0 Å². The number of anilines is 1. The van der Waals surface area contributed by atoms with E-state index < -0.39 is 22.0 Å². The van der Waals surface area contributed by atoms with Gasteiger partial charge in [0.15, 0.2) is 0 Å². The molecule has 0 aliphatic carbocycles. The Morgan fingerprint density at radius 2 is 1.52 bits per heavy atom. The van der Waals surface area contributed by atoms with Crippen molar-refractivity contribution in [2.24, 2.45) is 5.73 Å². The minimum absolute atomic E-state index is 0.0362. The number of nitrogens with zero attached hydrogens (tertiary/aromatic N) is 1. The Balaban J connectivity index is 2.51. The summed E-state index contributed by atoms with van der Waals surface area (Å²) >= 11 is 0. The fourth-order valence-corrected chi connectivity index (χ4v) is 3.27. The van der Waals surface area contributed by atoms with Gasteiger partial charge in [-0.3, -0.25) is 0 Å². The molecule has 2 amide bonds. The molecule has 0 aliphatic rings. The highest BCUT2D eigenvalue weighted by molar-refractivity contribution is 7.93. The van der Waals surface area contributed by atoms with Crippen molar-refractivity contribution in [1.29, 1.82) is 0 Å². The number of sulfonamides is 1. The number of amides is 2. The van der Waals surface area contributed by atoms with E-state index in [-0.39, 0.29) is 16.1 Å². The molecule has 3 N–H and O–H groups in total. The van der Waals surface area contributed by atoms with Crippen LogP contribution in [-0.2, 0) is 10.0 Å². The number of aryl methyl sites for hydroxylation is 1. The van der Waals surface area contributed by atoms with E-state index in [1.165, 1.54) is 36.4 Å². The van der Waals surface area contributed by atoms with Gasteiger partial charge in [-0.05, 0) is 43.3 Å². The number of primary amides is 1. The summed E-state index contributed by atoms with van der Waals surface area (Å²) in [7, 11) is -4.19. The van der Waals surface area contributed by atoms with Crippen LogP contribution in [0.25, 0.3) is 0 Å². The largest absolute Gasteiger partial charge is 0.478 e. The molecule has 0 bridgehead atoms. The van der Waals surface area contributed by atoms with Gasteiger partial charge in [0.25, 0.3) is 10.0 Å². The molecule has 2 aromatic rings. The van der Waals surface area contributed by atoms with E-state index in [0.29, 0.717) is 4.31 Å². The number of carboxylic acids is 1. The highest BCUT2D eigenvalue weighted by atomic mass is 32.2. The molecule has 0 heterocycles. The van der Waals surface area contributed by atoms with Gasteiger partial charge in [-0.1, -0.05) is 17.7 Å². The minimum atomic E-state index is -4.19. The molecule has 0 saturated carbocycles. The first-order valence-electron chi connectivity index (χ1n) is 6.48. The molecule has 120 valence electrons. The van der Waals surface area contributed by atoms with Crippen molar-refractivity contribution in [3.05, 3.63) is 59.7 Å². The number of hydrogen-bond donors (Lipinski definition) is 2. The zero-order valence-corrected chi connectivity index (χ0v) is 12.9. The number of carbonyl (C=O) groups excluding carboxylic acids is 1. The third-order valence-corrected chi connectivity index (χ3v) is 4.85. The molecule has 0 aliphatic heterocycles. The SMILES string of the molecule is Cc1ccc(S(=O)(=O)N(C(N)=O)c2ccc(C(=O)O)cc2)cc1. The van der Waals surface area contributed by atoms with Crippen LogP contribution in [0.1, 0.15) is 15.9 Å². The molecular weight excluding hydrogens is 320 g/mol. The molecule has 2 rings (SSSR count). The van der Waals surface area contributed by atoms with Crippen molar-refractivity contribution < 1.29 is 23.1 Å². The highest BCUT2D eigenvalue weighted by Crippen LogP contribution is 2.24. The second-order valence-corrected chi connectivity index (χ2v) is 6.56. The van der Waals surface area contributed by atoms with Crippen LogP contribution in [0.5, 0.6) is 0 Å². The van der Waals surface area contributed by atoms with E-state index in [0.717, 1.165) is 5.56 Å². The van der Waals surface area contributed by atoms with Crippen molar-refractivity contribution in [1.82, 2.24) is 0 Å². The third kappa shape index (κ3) is 3.32. The van der Waals surface area contributed by atoms with Crippen molar-refractivity contribution in [3.8, 4) is 0 Å². The van der Waals surface area contributed by atoms with Gasteiger partial charge in [0.2, 0.25) is 0 Å². The molecule has 8 heteroatoms. The first-order valence-corrected chi connectivity index (χ1v) is 7.92. The molecule has 23 heavy (non-hydrogen) atoms.